The Hall–Kier alpha value is -1.33. The highest BCUT2D eigenvalue weighted by Crippen LogP contribution is 2.01. The minimum absolute atomic E-state index is 0.407. The van der Waals surface area contributed by atoms with E-state index in [0.717, 1.165) is 0 Å². The molecule has 0 radical (unpaired) electrons. The lowest BCUT2D eigenvalue weighted by Gasteiger charge is -1.87. The van der Waals surface area contributed by atoms with Gasteiger partial charge in [-0.1, -0.05) is 30.3 Å². The first-order chi connectivity index (χ1) is 5.72. The van der Waals surface area contributed by atoms with Crippen molar-refractivity contribution in [3.05, 3.63) is 35.9 Å². The molecule has 0 N–H and O–H groups in total. The third-order valence-corrected chi connectivity index (χ3v) is 1.22. The summed E-state index contributed by atoms with van der Waals surface area (Å²) in [6.45, 7) is 1.43. The molecule has 0 atom stereocenters. The molecule has 0 unspecified atom stereocenters. The van der Waals surface area contributed by atoms with Gasteiger partial charge in [0.25, 0.3) is 5.24 Å². The molecule has 62 valence electrons. The second-order valence-corrected chi connectivity index (χ2v) is 2.21. The Bertz CT molecular complexity index is 276. The van der Waals surface area contributed by atoms with Gasteiger partial charge in [0.1, 0.15) is 0 Å². The molecule has 1 aromatic carbocycles. The summed E-state index contributed by atoms with van der Waals surface area (Å²) in [4.78, 5) is 10.4. The van der Waals surface area contributed by atoms with Crippen LogP contribution in [0.2, 0.25) is 0 Å². The van der Waals surface area contributed by atoms with Gasteiger partial charge >= 0.3 is 0 Å². The van der Waals surface area contributed by atoms with E-state index in [1.54, 1.807) is 30.3 Å². The molecule has 0 heterocycles. The zero-order chi connectivity index (χ0) is 9.40. The van der Waals surface area contributed by atoms with E-state index in [9.17, 15) is 4.79 Å². The van der Waals surface area contributed by atoms with E-state index in [1.807, 2.05) is 6.07 Å². The minimum atomic E-state index is -0.407. The quantitative estimate of drug-likeness (QED) is 0.625. The number of halogens is 1. The Morgan fingerprint density at radius 3 is 2.08 bits per heavy atom. The molecule has 0 aliphatic heterocycles. The van der Waals surface area contributed by atoms with Gasteiger partial charge in [0.05, 0.1) is 6.07 Å². The first-order valence-electron chi connectivity index (χ1n) is 3.28. The Labute approximate surface area is 76.4 Å². The molecular formula is C9H8ClNO. The zero-order valence-electron chi connectivity index (χ0n) is 6.62. The fourth-order valence-corrected chi connectivity index (χ4v) is 0.695. The highest BCUT2D eigenvalue weighted by molar-refractivity contribution is 6.67. The van der Waals surface area contributed by atoms with Crippen LogP contribution in [-0.4, -0.2) is 5.24 Å². The van der Waals surface area contributed by atoms with Crippen LogP contribution in [0.1, 0.15) is 17.3 Å². The predicted octanol–water partition coefficient (Wildman–Crippen LogP) is 2.60. The predicted molar refractivity (Wildman–Crippen MR) is 47.9 cm³/mol. The summed E-state index contributed by atoms with van der Waals surface area (Å²) >= 11 is 5.16. The van der Waals surface area contributed by atoms with E-state index >= 15 is 0 Å². The number of hydrogen-bond donors (Lipinski definition) is 0. The molecular weight excluding hydrogens is 174 g/mol. The van der Waals surface area contributed by atoms with Crippen molar-refractivity contribution in [1.82, 2.24) is 0 Å². The summed E-state index contributed by atoms with van der Waals surface area (Å²) in [5.41, 5.74) is 0.541. The number of rotatable bonds is 1. The normalized spacial score (nSPS) is 7.42. The largest absolute Gasteiger partial charge is 0.276 e. The Morgan fingerprint density at radius 2 is 1.83 bits per heavy atom. The second kappa shape index (κ2) is 6.38. The number of benzene rings is 1. The van der Waals surface area contributed by atoms with Crippen LogP contribution in [0.15, 0.2) is 30.3 Å². The maximum absolute atomic E-state index is 10.4. The Morgan fingerprint density at radius 1 is 1.42 bits per heavy atom. The van der Waals surface area contributed by atoms with Crippen LogP contribution >= 0.6 is 11.6 Å². The molecule has 0 spiro atoms. The molecule has 0 aliphatic carbocycles. The van der Waals surface area contributed by atoms with Gasteiger partial charge in [0.2, 0.25) is 0 Å². The Balaban J connectivity index is 0.000000354. The van der Waals surface area contributed by atoms with Crippen molar-refractivity contribution < 1.29 is 4.79 Å². The van der Waals surface area contributed by atoms with Crippen LogP contribution in [0.5, 0.6) is 0 Å². The van der Waals surface area contributed by atoms with Crippen molar-refractivity contribution in [2.24, 2.45) is 0 Å². The summed E-state index contributed by atoms with van der Waals surface area (Å²) in [5, 5.41) is 6.91. The van der Waals surface area contributed by atoms with E-state index in [0.29, 0.717) is 5.56 Å². The highest BCUT2D eigenvalue weighted by Gasteiger charge is 1.95. The van der Waals surface area contributed by atoms with E-state index in [-0.39, 0.29) is 0 Å². The number of nitrogens with zero attached hydrogens (tertiary/aromatic N) is 1. The standard InChI is InChI=1S/C7H5ClO.C2H3N/c8-7(9)6-4-2-1-3-5-6;1-2-3/h1-5H;1H3. The van der Waals surface area contributed by atoms with Gasteiger partial charge in [0.15, 0.2) is 0 Å². The highest BCUT2D eigenvalue weighted by atomic mass is 35.5. The summed E-state index contributed by atoms with van der Waals surface area (Å²) in [6.07, 6.45) is 0. The molecule has 2 nitrogen and oxygen atoms in total. The van der Waals surface area contributed by atoms with Crippen LogP contribution in [0.3, 0.4) is 0 Å². The van der Waals surface area contributed by atoms with Crippen molar-refractivity contribution >= 4 is 16.8 Å². The molecule has 12 heavy (non-hydrogen) atoms. The molecule has 0 bridgehead atoms. The van der Waals surface area contributed by atoms with E-state index in [4.69, 9.17) is 16.9 Å². The maximum atomic E-state index is 10.4. The van der Waals surface area contributed by atoms with Crippen LogP contribution in [0.4, 0.5) is 0 Å². The monoisotopic (exact) mass is 181 g/mol. The molecule has 0 aliphatic rings. The van der Waals surface area contributed by atoms with Crippen molar-refractivity contribution in [1.29, 1.82) is 5.26 Å². The van der Waals surface area contributed by atoms with E-state index < -0.39 is 5.24 Å². The first kappa shape index (κ1) is 10.7. The third kappa shape index (κ3) is 4.48. The summed E-state index contributed by atoms with van der Waals surface area (Å²) in [5.74, 6) is 0. The van der Waals surface area contributed by atoms with Crippen molar-refractivity contribution in [2.45, 2.75) is 6.92 Å². The Kier molecular flexibility index (Phi) is 5.68. The van der Waals surface area contributed by atoms with Crippen molar-refractivity contribution in [3.63, 3.8) is 0 Å². The fourth-order valence-electron chi connectivity index (χ4n) is 0.569. The topological polar surface area (TPSA) is 40.9 Å². The summed E-state index contributed by atoms with van der Waals surface area (Å²) in [7, 11) is 0. The van der Waals surface area contributed by atoms with Gasteiger partial charge < -0.3 is 0 Å². The number of carbonyl (C=O) groups excluding carboxylic acids is 1. The molecule has 0 amide bonds. The van der Waals surface area contributed by atoms with Crippen LogP contribution in [0, 0.1) is 11.3 Å². The average molecular weight is 182 g/mol. The lowest BCUT2D eigenvalue weighted by atomic mass is 10.2. The van der Waals surface area contributed by atoms with Crippen LogP contribution < -0.4 is 0 Å². The van der Waals surface area contributed by atoms with E-state index in [1.165, 1.54) is 6.92 Å². The number of nitriles is 1. The van der Waals surface area contributed by atoms with Gasteiger partial charge in [-0.25, -0.2) is 0 Å². The van der Waals surface area contributed by atoms with Crippen LogP contribution in [-0.2, 0) is 0 Å². The molecule has 1 aromatic rings. The summed E-state index contributed by atoms with van der Waals surface area (Å²) in [6, 6.07) is 10.5. The lowest BCUT2D eigenvalue weighted by Crippen LogP contribution is -1.84. The van der Waals surface area contributed by atoms with Crippen molar-refractivity contribution in [2.75, 3.05) is 0 Å². The van der Waals surface area contributed by atoms with Gasteiger partial charge in [-0.15, -0.1) is 0 Å². The number of carbonyl (C=O) groups is 1. The molecule has 0 fully saturated rings. The number of hydrogen-bond acceptors (Lipinski definition) is 2. The second-order valence-electron chi connectivity index (χ2n) is 1.86. The fraction of sp³-hybridized carbons (Fsp3) is 0.111. The third-order valence-electron chi connectivity index (χ3n) is 1.00. The van der Waals surface area contributed by atoms with Gasteiger partial charge in [-0.2, -0.15) is 5.26 Å². The van der Waals surface area contributed by atoms with Gasteiger partial charge in [-0.05, 0) is 11.6 Å². The molecule has 0 aromatic heterocycles. The summed E-state index contributed by atoms with van der Waals surface area (Å²) < 4.78 is 0. The van der Waals surface area contributed by atoms with E-state index in [2.05, 4.69) is 0 Å². The smallest absolute Gasteiger partial charge is 0.252 e. The first-order valence-corrected chi connectivity index (χ1v) is 3.66. The SMILES string of the molecule is CC#N.O=C(Cl)c1ccccc1. The molecule has 0 saturated carbocycles. The van der Waals surface area contributed by atoms with Crippen LogP contribution in [0.25, 0.3) is 0 Å². The van der Waals surface area contributed by atoms with Gasteiger partial charge in [0, 0.05) is 12.5 Å². The van der Waals surface area contributed by atoms with Gasteiger partial charge in [-0.3, -0.25) is 4.79 Å². The molecule has 3 heteroatoms. The van der Waals surface area contributed by atoms with Crippen molar-refractivity contribution in [3.8, 4) is 6.07 Å². The lowest BCUT2D eigenvalue weighted by molar-refractivity contribution is 0.108. The molecule has 1 rings (SSSR count). The molecule has 0 saturated heterocycles. The maximum Gasteiger partial charge on any atom is 0.252 e. The minimum Gasteiger partial charge on any atom is -0.276 e. The zero-order valence-corrected chi connectivity index (χ0v) is 7.38. The average Bonchev–Trinajstić information content (AvgIpc) is 2.07.